The lowest BCUT2D eigenvalue weighted by atomic mass is 9.85. The van der Waals surface area contributed by atoms with Crippen LogP contribution in [-0.4, -0.2) is 6.54 Å². The number of nitrogens with one attached hydrogen (secondary N) is 1. The highest BCUT2D eigenvalue weighted by Crippen LogP contribution is 2.31. The number of fused-ring (bicyclic) bond motifs is 3. The maximum atomic E-state index is 6.16. The van der Waals surface area contributed by atoms with E-state index in [0.717, 1.165) is 12.3 Å². The van der Waals surface area contributed by atoms with Gasteiger partial charge in [-0.3, -0.25) is 4.90 Å². The molecule has 2 aliphatic heterocycles. The van der Waals surface area contributed by atoms with Gasteiger partial charge in [-0.05, 0) is 25.3 Å². The second-order valence-corrected chi connectivity index (χ2v) is 4.83. The fourth-order valence-corrected chi connectivity index (χ4v) is 3.33. The van der Waals surface area contributed by atoms with Crippen molar-refractivity contribution in [3.8, 4) is 0 Å². The van der Waals surface area contributed by atoms with Gasteiger partial charge in [-0.15, -0.1) is 0 Å². The van der Waals surface area contributed by atoms with Gasteiger partial charge in [0.2, 0.25) is 0 Å². The van der Waals surface area contributed by atoms with Gasteiger partial charge in [-0.1, -0.05) is 0 Å². The first-order valence-corrected chi connectivity index (χ1v) is 5.90. The zero-order valence-electron chi connectivity index (χ0n) is 8.68. The molecule has 2 heteroatoms. The highest BCUT2D eigenvalue weighted by atomic mass is 15.2. The minimum Gasteiger partial charge on any atom is -0.398 e. The van der Waals surface area contributed by atoms with Crippen LogP contribution in [0.4, 0.5) is 0 Å². The molecule has 0 bridgehead atoms. The molecule has 0 radical (unpaired) electrons. The SMILES string of the molecule is NC1=C2CCC[NH+]2C2=CCCCC2C1. The van der Waals surface area contributed by atoms with E-state index >= 15 is 0 Å². The Hall–Kier alpha value is -0.760. The summed E-state index contributed by atoms with van der Waals surface area (Å²) in [7, 11) is 0. The Labute approximate surface area is 85.5 Å². The second kappa shape index (κ2) is 3.13. The fraction of sp³-hybridized carbons (Fsp3) is 0.667. The summed E-state index contributed by atoms with van der Waals surface area (Å²) in [6.45, 7) is 1.29. The van der Waals surface area contributed by atoms with E-state index in [9.17, 15) is 0 Å². The lowest BCUT2D eigenvalue weighted by Gasteiger charge is -2.32. The predicted molar refractivity (Wildman–Crippen MR) is 56.3 cm³/mol. The van der Waals surface area contributed by atoms with Crippen molar-refractivity contribution in [2.45, 2.75) is 38.5 Å². The molecule has 76 valence electrons. The van der Waals surface area contributed by atoms with E-state index in [4.69, 9.17) is 5.73 Å². The number of hydrogen-bond acceptors (Lipinski definition) is 1. The molecule has 2 atom stereocenters. The fourth-order valence-electron chi connectivity index (χ4n) is 3.33. The molecule has 0 aromatic rings. The van der Waals surface area contributed by atoms with Crippen LogP contribution >= 0.6 is 0 Å². The van der Waals surface area contributed by atoms with Crippen LogP contribution in [0.2, 0.25) is 0 Å². The van der Waals surface area contributed by atoms with E-state index < -0.39 is 0 Å². The van der Waals surface area contributed by atoms with Crippen LogP contribution in [0.5, 0.6) is 0 Å². The zero-order chi connectivity index (χ0) is 9.54. The first-order chi connectivity index (χ1) is 6.86. The van der Waals surface area contributed by atoms with Crippen molar-refractivity contribution < 1.29 is 4.90 Å². The third-order valence-corrected chi connectivity index (χ3v) is 3.98. The molecule has 1 aliphatic carbocycles. The Balaban J connectivity index is 2.01. The number of hydrogen-bond donors (Lipinski definition) is 2. The van der Waals surface area contributed by atoms with Crippen LogP contribution in [0, 0.1) is 5.92 Å². The summed E-state index contributed by atoms with van der Waals surface area (Å²) < 4.78 is 0. The van der Waals surface area contributed by atoms with E-state index in [-0.39, 0.29) is 0 Å². The van der Waals surface area contributed by atoms with Gasteiger partial charge < -0.3 is 5.73 Å². The third-order valence-electron chi connectivity index (χ3n) is 3.98. The van der Waals surface area contributed by atoms with Gasteiger partial charge in [0.1, 0.15) is 11.4 Å². The Bertz CT molecular complexity index is 314. The van der Waals surface area contributed by atoms with Gasteiger partial charge in [0, 0.05) is 25.2 Å². The Morgan fingerprint density at radius 1 is 1.36 bits per heavy atom. The normalized spacial score (nSPS) is 36.4. The smallest absolute Gasteiger partial charge is 0.131 e. The Kier molecular flexibility index (Phi) is 1.91. The molecule has 14 heavy (non-hydrogen) atoms. The quantitative estimate of drug-likeness (QED) is 0.586. The van der Waals surface area contributed by atoms with Crippen molar-refractivity contribution >= 4 is 0 Å². The van der Waals surface area contributed by atoms with E-state index in [1.807, 2.05) is 0 Å². The molecule has 0 saturated carbocycles. The summed E-state index contributed by atoms with van der Waals surface area (Å²) in [5.74, 6) is 0.778. The minimum atomic E-state index is 0.778. The molecule has 0 spiro atoms. The zero-order valence-corrected chi connectivity index (χ0v) is 8.68. The van der Waals surface area contributed by atoms with Gasteiger partial charge in [0.05, 0.1) is 12.2 Å². The predicted octanol–water partition coefficient (Wildman–Crippen LogP) is 0.923. The van der Waals surface area contributed by atoms with Gasteiger partial charge in [-0.25, -0.2) is 0 Å². The van der Waals surface area contributed by atoms with Crippen LogP contribution in [0.25, 0.3) is 0 Å². The number of allylic oxidation sites excluding steroid dienone is 4. The minimum absolute atomic E-state index is 0.778. The van der Waals surface area contributed by atoms with Crippen LogP contribution < -0.4 is 10.6 Å². The molecule has 1 fully saturated rings. The summed E-state index contributed by atoms with van der Waals surface area (Å²) >= 11 is 0. The van der Waals surface area contributed by atoms with Crippen LogP contribution in [0.3, 0.4) is 0 Å². The summed E-state index contributed by atoms with van der Waals surface area (Å²) in [6.07, 6.45) is 10.2. The molecule has 0 amide bonds. The molecule has 3 N–H and O–H groups in total. The van der Waals surface area contributed by atoms with Crippen molar-refractivity contribution in [3.63, 3.8) is 0 Å². The molecule has 3 rings (SSSR count). The maximum Gasteiger partial charge on any atom is 0.131 e. The molecule has 2 heterocycles. The monoisotopic (exact) mass is 191 g/mol. The summed E-state index contributed by atoms with van der Waals surface area (Å²) in [4.78, 5) is 1.64. The topological polar surface area (TPSA) is 30.5 Å². The van der Waals surface area contributed by atoms with Crippen molar-refractivity contribution in [1.29, 1.82) is 0 Å². The molecule has 3 aliphatic rings. The summed E-state index contributed by atoms with van der Waals surface area (Å²) in [6, 6.07) is 0. The van der Waals surface area contributed by atoms with E-state index in [0.29, 0.717) is 0 Å². The maximum absolute atomic E-state index is 6.16. The summed E-state index contributed by atoms with van der Waals surface area (Å²) in [5, 5.41) is 0. The molecular formula is C12H19N2+. The van der Waals surface area contributed by atoms with E-state index in [2.05, 4.69) is 6.08 Å². The molecule has 0 aromatic carbocycles. The Morgan fingerprint density at radius 3 is 3.21 bits per heavy atom. The van der Waals surface area contributed by atoms with E-state index in [1.54, 1.807) is 10.6 Å². The average molecular weight is 191 g/mol. The Morgan fingerprint density at radius 2 is 2.29 bits per heavy atom. The molecule has 1 saturated heterocycles. The molecule has 0 aromatic heterocycles. The highest BCUT2D eigenvalue weighted by molar-refractivity contribution is 5.18. The third kappa shape index (κ3) is 1.13. The van der Waals surface area contributed by atoms with Crippen LogP contribution in [0.15, 0.2) is 23.2 Å². The van der Waals surface area contributed by atoms with Crippen molar-refractivity contribution in [2.75, 3.05) is 6.54 Å². The lowest BCUT2D eigenvalue weighted by molar-refractivity contribution is -0.817. The number of rotatable bonds is 0. The average Bonchev–Trinajstić information content (AvgIpc) is 2.67. The largest absolute Gasteiger partial charge is 0.398 e. The standard InChI is InChI=1S/C12H18N2/c13-10-8-9-4-1-2-5-11(9)14-7-3-6-12(10)14/h5,9H,1-4,6-8,13H2/p+1. The van der Waals surface area contributed by atoms with Crippen molar-refractivity contribution in [2.24, 2.45) is 11.7 Å². The van der Waals surface area contributed by atoms with Gasteiger partial charge in [0.15, 0.2) is 0 Å². The van der Waals surface area contributed by atoms with E-state index in [1.165, 1.54) is 50.0 Å². The van der Waals surface area contributed by atoms with Crippen molar-refractivity contribution in [1.82, 2.24) is 0 Å². The van der Waals surface area contributed by atoms with Gasteiger partial charge in [-0.2, -0.15) is 0 Å². The first kappa shape index (κ1) is 8.54. The molecule has 2 unspecified atom stereocenters. The van der Waals surface area contributed by atoms with Gasteiger partial charge in [0.25, 0.3) is 0 Å². The molecular weight excluding hydrogens is 172 g/mol. The van der Waals surface area contributed by atoms with Crippen LogP contribution in [-0.2, 0) is 0 Å². The number of nitrogens with two attached hydrogens (primary N) is 1. The summed E-state index contributed by atoms with van der Waals surface area (Å²) in [5.41, 5.74) is 10.6. The second-order valence-electron chi connectivity index (χ2n) is 4.83. The van der Waals surface area contributed by atoms with Crippen LogP contribution in [0.1, 0.15) is 38.5 Å². The van der Waals surface area contributed by atoms with Gasteiger partial charge >= 0.3 is 0 Å². The lowest BCUT2D eigenvalue weighted by Crippen LogP contribution is -3.08. The van der Waals surface area contributed by atoms with Crippen molar-refractivity contribution in [3.05, 3.63) is 23.2 Å². The first-order valence-electron chi connectivity index (χ1n) is 5.90. The molecule has 2 nitrogen and oxygen atoms in total. The number of quaternary nitrogens is 1. The highest BCUT2D eigenvalue weighted by Gasteiger charge is 2.38.